The largest absolute Gasteiger partial charge is 0.478 e. The predicted molar refractivity (Wildman–Crippen MR) is 104 cm³/mol. The third kappa shape index (κ3) is 5.46. The van der Waals surface area contributed by atoms with E-state index in [9.17, 15) is 29.4 Å². The van der Waals surface area contributed by atoms with Crippen LogP contribution in [0, 0.1) is 5.92 Å². The number of primary amides is 1. The van der Waals surface area contributed by atoms with Crippen LogP contribution in [-0.4, -0.2) is 70.4 Å². The van der Waals surface area contributed by atoms with Crippen molar-refractivity contribution < 1.29 is 38.9 Å². The number of ether oxygens (including phenoxy) is 2. The molecular formula is C16H19N3O8S2. The summed E-state index contributed by atoms with van der Waals surface area (Å²) in [7, 11) is 1.08. The Kier molecular flexibility index (Phi) is 7.59. The van der Waals surface area contributed by atoms with Crippen LogP contribution in [0.15, 0.2) is 22.5 Å². The van der Waals surface area contributed by atoms with Crippen LogP contribution in [0.1, 0.15) is 4.88 Å². The Balaban J connectivity index is 2.28. The molecule has 1 aromatic heterocycles. The molecule has 0 bridgehead atoms. The number of rotatable bonds is 9. The first-order valence-corrected chi connectivity index (χ1v) is 10.1. The molecule has 5 N–H and O–H groups in total. The van der Waals surface area contributed by atoms with Crippen molar-refractivity contribution in [3.63, 3.8) is 0 Å². The molecule has 0 aromatic carbocycles. The molecule has 2 heterocycles. The van der Waals surface area contributed by atoms with Gasteiger partial charge in [-0.05, 0) is 11.4 Å². The topological polar surface area (TPSA) is 178 Å². The molecule has 11 nitrogen and oxygen atoms in total. The number of aliphatic imine (C=N–C) groups is 1. The molecule has 0 unspecified atom stereocenters. The van der Waals surface area contributed by atoms with Gasteiger partial charge in [0.25, 0.3) is 5.72 Å². The van der Waals surface area contributed by atoms with E-state index in [2.05, 4.69) is 15.0 Å². The second-order valence-electron chi connectivity index (χ2n) is 5.88. The zero-order valence-electron chi connectivity index (χ0n) is 15.2. The van der Waals surface area contributed by atoms with E-state index in [1.807, 2.05) is 0 Å². The summed E-state index contributed by atoms with van der Waals surface area (Å²) in [5.41, 5.74) is 2.22. The van der Waals surface area contributed by atoms with E-state index in [1.165, 1.54) is 11.3 Å². The molecule has 2 rings (SSSR count). The van der Waals surface area contributed by atoms with Crippen LogP contribution in [0.3, 0.4) is 0 Å². The Labute approximate surface area is 173 Å². The van der Waals surface area contributed by atoms with E-state index in [0.717, 1.165) is 18.9 Å². The number of thiophene rings is 1. The number of hydrogen-bond acceptors (Lipinski definition) is 9. The van der Waals surface area contributed by atoms with Crippen molar-refractivity contribution in [3.8, 4) is 0 Å². The van der Waals surface area contributed by atoms with Gasteiger partial charge < -0.3 is 30.7 Å². The summed E-state index contributed by atoms with van der Waals surface area (Å²) in [6.07, 6.45) is -1.14. The Morgan fingerprint density at radius 3 is 2.62 bits per heavy atom. The second kappa shape index (κ2) is 9.71. The zero-order chi connectivity index (χ0) is 21.6. The summed E-state index contributed by atoms with van der Waals surface area (Å²) in [5.74, 6) is -4.30. The fourth-order valence-electron chi connectivity index (χ4n) is 2.59. The summed E-state index contributed by atoms with van der Waals surface area (Å²) in [4.78, 5) is 51.5. The smallest absolute Gasteiger partial charge is 0.404 e. The van der Waals surface area contributed by atoms with E-state index < -0.39 is 46.7 Å². The van der Waals surface area contributed by atoms with Crippen LogP contribution in [0.25, 0.3) is 0 Å². The van der Waals surface area contributed by atoms with Gasteiger partial charge in [-0.25, -0.2) is 14.4 Å². The molecule has 13 heteroatoms. The fourth-order valence-corrected chi connectivity index (χ4v) is 4.64. The van der Waals surface area contributed by atoms with Crippen LogP contribution >= 0.6 is 23.1 Å². The average Bonchev–Trinajstić information content (AvgIpc) is 3.16. The van der Waals surface area contributed by atoms with Crippen LogP contribution in [0.2, 0.25) is 0 Å². The molecule has 1 aliphatic heterocycles. The number of methoxy groups -OCH3 is 1. The van der Waals surface area contributed by atoms with Crippen molar-refractivity contribution >= 4 is 52.7 Å². The Hall–Kier alpha value is -2.64. The minimum Gasteiger partial charge on any atom is -0.478 e. The maximum Gasteiger partial charge on any atom is 0.404 e. The van der Waals surface area contributed by atoms with Crippen molar-refractivity contribution in [3.05, 3.63) is 22.4 Å². The van der Waals surface area contributed by atoms with Gasteiger partial charge >= 0.3 is 18.0 Å². The first-order valence-electron chi connectivity index (χ1n) is 8.16. The molecule has 3 atom stereocenters. The molecule has 0 fully saturated rings. The van der Waals surface area contributed by atoms with E-state index in [1.54, 1.807) is 17.5 Å². The van der Waals surface area contributed by atoms with Crippen LogP contribution in [0.4, 0.5) is 4.79 Å². The molecule has 1 aromatic rings. The SMILES string of the molecule is CO[C@@](NC(=O)Cc1cccs1)(C(=O)O)[C@@H]1N=C(C(=O)O)[C@@H](COC(N)=O)CS1. The first kappa shape index (κ1) is 22.6. The van der Waals surface area contributed by atoms with E-state index in [0.29, 0.717) is 4.88 Å². The van der Waals surface area contributed by atoms with Gasteiger partial charge in [-0.3, -0.25) is 9.79 Å². The number of aliphatic carboxylic acids is 2. The van der Waals surface area contributed by atoms with Crippen molar-refractivity contribution in [2.75, 3.05) is 19.5 Å². The number of nitrogens with one attached hydrogen (secondary N) is 1. The minimum absolute atomic E-state index is 0.0578. The van der Waals surface area contributed by atoms with Gasteiger partial charge in [0.15, 0.2) is 5.37 Å². The molecule has 158 valence electrons. The van der Waals surface area contributed by atoms with E-state index >= 15 is 0 Å². The van der Waals surface area contributed by atoms with Gasteiger partial charge in [-0.15, -0.1) is 23.1 Å². The summed E-state index contributed by atoms with van der Waals surface area (Å²) in [5, 5.41) is 22.0. The molecule has 0 spiro atoms. The van der Waals surface area contributed by atoms with E-state index in [4.69, 9.17) is 10.5 Å². The molecule has 29 heavy (non-hydrogen) atoms. The lowest BCUT2D eigenvalue weighted by Crippen LogP contribution is -2.63. The van der Waals surface area contributed by atoms with Gasteiger partial charge in [-0.1, -0.05) is 6.07 Å². The van der Waals surface area contributed by atoms with Gasteiger partial charge in [-0.2, -0.15) is 0 Å². The average molecular weight is 445 g/mol. The molecular weight excluding hydrogens is 426 g/mol. The van der Waals surface area contributed by atoms with Gasteiger partial charge in [0, 0.05) is 17.7 Å². The zero-order valence-corrected chi connectivity index (χ0v) is 16.8. The highest BCUT2D eigenvalue weighted by atomic mass is 32.2. The molecule has 1 aliphatic rings. The highest BCUT2D eigenvalue weighted by molar-refractivity contribution is 8.00. The number of carboxylic acids is 2. The lowest BCUT2D eigenvalue weighted by molar-refractivity contribution is -0.169. The summed E-state index contributed by atoms with van der Waals surface area (Å²) in [6, 6.07) is 3.47. The van der Waals surface area contributed by atoms with Gasteiger partial charge in [0.2, 0.25) is 5.91 Å². The van der Waals surface area contributed by atoms with Gasteiger partial charge in [0.1, 0.15) is 12.3 Å². The molecule has 0 saturated carbocycles. The number of amides is 2. The van der Waals surface area contributed by atoms with Crippen molar-refractivity contribution in [2.45, 2.75) is 17.5 Å². The van der Waals surface area contributed by atoms with Crippen LogP contribution in [0.5, 0.6) is 0 Å². The standard InChI is InChI=1S/C16H19N3O8S2/c1-26-16(14(23)24,19-10(20)5-9-3-2-4-28-9)13-18-11(12(21)22)8(7-29-13)6-27-15(17)25/h2-4,8,13H,5-7H2,1H3,(H2,17,25)(H,19,20)(H,21,22)(H,23,24)/t8-,13+,16+/m0/s1. The predicted octanol–water partition coefficient (Wildman–Crippen LogP) is 0.144. The van der Waals surface area contributed by atoms with Crippen LogP contribution < -0.4 is 11.1 Å². The normalized spacial score (nSPS) is 20.8. The summed E-state index contributed by atoms with van der Waals surface area (Å²) in [6.45, 7) is -0.321. The monoisotopic (exact) mass is 445 g/mol. The highest BCUT2D eigenvalue weighted by Crippen LogP contribution is 2.33. The number of nitrogens with zero attached hydrogens (tertiary/aromatic N) is 1. The fraction of sp³-hybridized carbons (Fsp3) is 0.438. The molecule has 2 amide bonds. The number of carboxylic acid groups (broad SMARTS) is 2. The molecule has 0 radical (unpaired) electrons. The molecule has 0 aliphatic carbocycles. The number of carbonyl (C=O) groups is 4. The van der Waals surface area contributed by atoms with Gasteiger partial charge in [0.05, 0.1) is 12.3 Å². The third-order valence-corrected chi connectivity index (χ3v) is 6.20. The Morgan fingerprint density at radius 1 is 1.38 bits per heavy atom. The quantitative estimate of drug-likeness (QED) is 0.385. The maximum atomic E-state index is 12.4. The van der Waals surface area contributed by atoms with Crippen LogP contribution in [-0.2, 0) is 30.3 Å². The maximum absolute atomic E-state index is 12.4. The van der Waals surface area contributed by atoms with Crippen molar-refractivity contribution in [1.82, 2.24) is 5.32 Å². The number of carbonyl (C=O) groups excluding carboxylic acids is 2. The molecule has 0 saturated heterocycles. The highest BCUT2D eigenvalue weighted by Gasteiger charge is 2.51. The third-order valence-electron chi connectivity index (χ3n) is 3.97. The van der Waals surface area contributed by atoms with Crippen molar-refractivity contribution in [2.24, 2.45) is 16.6 Å². The first-order chi connectivity index (χ1) is 13.7. The Morgan fingerprint density at radius 2 is 2.10 bits per heavy atom. The Bertz CT molecular complexity index is 813. The lowest BCUT2D eigenvalue weighted by Gasteiger charge is -2.36. The van der Waals surface area contributed by atoms with E-state index in [-0.39, 0.29) is 18.8 Å². The minimum atomic E-state index is -2.28. The number of thioether (sulfide) groups is 1. The second-order valence-corrected chi connectivity index (χ2v) is 8.03. The number of hydrogen-bond donors (Lipinski definition) is 4. The summed E-state index contributed by atoms with van der Waals surface area (Å²) >= 11 is 2.28. The van der Waals surface area contributed by atoms with Crippen molar-refractivity contribution in [1.29, 1.82) is 0 Å². The number of nitrogens with two attached hydrogens (primary N) is 1. The summed E-state index contributed by atoms with van der Waals surface area (Å²) < 4.78 is 9.78. The lowest BCUT2D eigenvalue weighted by atomic mass is 10.1.